The third kappa shape index (κ3) is 6.70. The van der Waals surface area contributed by atoms with Gasteiger partial charge in [-0.2, -0.15) is 10.1 Å². The normalized spacial score (nSPS) is 30.2. The Morgan fingerprint density at radius 2 is 1.70 bits per heavy atom. The first kappa shape index (κ1) is 43.8. The quantitative estimate of drug-likeness (QED) is 0.0797. The fourth-order valence-corrected chi connectivity index (χ4v) is 11.6. The van der Waals surface area contributed by atoms with Gasteiger partial charge in [-0.1, -0.05) is 29.4 Å². The van der Waals surface area contributed by atoms with Gasteiger partial charge < -0.3 is 33.5 Å². The van der Waals surface area contributed by atoms with Gasteiger partial charge >= 0.3 is 11.9 Å². The Morgan fingerprint density at radius 1 is 0.969 bits per heavy atom. The Labute approximate surface area is 374 Å². The highest BCUT2D eigenvalue weighted by Crippen LogP contribution is 2.73. The SMILES string of the molecule is COC(=O)C(C)=CCC12OC(C)(C)C3CC(C1=O)C1C4C(=Nc5ncnn51)c1c(OC(=O)CC(=O)N5CCN(C)CC5)c5c(c(CC=C(C)C)c1OC432)OC(C)(CCC=C(C)C)C=C5. The molecule has 8 aliphatic rings. The third-order valence-corrected chi connectivity index (χ3v) is 14.7. The molecule has 1 aromatic carbocycles. The summed E-state index contributed by atoms with van der Waals surface area (Å²) in [6.45, 7) is 18.3. The van der Waals surface area contributed by atoms with E-state index in [-0.39, 0.29) is 29.8 Å². The first-order chi connectivity index (χ1) is 30.3. The third-order valence-electron chi connectivity index (χ3n) is 14.7. The lowest BCUT2D eigenvalue weighted by Gasteiger charge is -2.64. The number of hydrogen-bond acceptors (Lipinski definition) is 13. The van der Waals surface area contributed by atoms with E-state index < -0.39 is 58.6 Å². The number of nitrogens with zero attached hydrogens (tertiary/aromatic N) is 6. The summed E-state index contributed by atoms with van der Waals surface area (Å²) in [6.07, 6.45) is 13.2. The molecule has 15 nitrogen and oxygen atoms in total. The zero-order valence-electron chi connectivity index (χ0n) is 38.7. The molecule has 5 fully saturated rings. The lowest BCUT2D eigenvalue weighted by molar-refractivity contribution is -0.207. The predicted octanol–water partition coefficient (Wildman–Crippen LogP) is 6.47. The molecule has 5 aliphatic heterocycles. The number of ether oxygens (including phenoxy) is 5. The number of amides is 1. The van der Waals surface area contributed by atoms with Gasteiger partial charge in [-0.15, -0.1) is 0 Å². The number of benzene rings is 1. The smallest absolute Gasteiger partial charge is 0.333 e. The van der Waals surface area contributed by atoms with E-state index in [1.165, 1.54) is 19.0 Å². The minimum atomic E-state index is -1.58. The molecule has 64 heavy (non-hydrogen) atoms. The number of Topliss-reactive ketones (excluding diaryl/α,β-unsaturated/α-hetero) is 1. The van der Waals surface area contributed by atoms with Crippen molar-refractivity contribution < 1.29 is 42.9 Å². The summed E-state index contributed by atoms with van der Waals surface area (Å²) < 4.78 is 35.5. The van der Waals surface area contributed by atoms with Crippen LogP contribution in [0.2, 0.25) is 0 Å². The maximum atomic E-state index is 15.5. The largest absolute Gasteiger partial charge is 0.482 e. The number of allylic oxidation sites excluding steroid dienone is 4. The second-order valence-electron chi connectivity index (χ2n) is 19.9. The van der Waals surface area contributed by atoms with Crippen molar-refractivity contribution >= 4 is 41.4 Å². The molecule has 7 atom stereocenters. The van der Waals surface area contributed by atoms with Crippen molar-refractivity contribution in [3.05, 3.63) is 64.0 Å². The highest BCUT2D eigenvalue weighted by Gasteiger charge is 2.86. The Morgan fingerprint density at radius 3 is 2.41 bits per heavy atom. The molecule has 1 spiro atoms. The van der Waals surface area contributed by atoms with Crippen LogP contribution in [0.15, 0.2) is 52.3 Å². The van der Waals surface area contributed by atoms with Crippen LogP contribution in [0, 0.1) is 17.8 Å². The lowest BCUT2D eigenvalue weighted by atomic mass is 9.44. The molecule has 10 rings (SSSR count). The average molecular weight is 877 g/mol. The Bertz CT molecular complexity index is 2500. The van der Waals surface area contributed by atoms with Crippen LogP contribution in [-0.2, 0) is 35.1 Å². The monoisotopic (exact) mass is 876 g/mol. The topological polar surface area (TPSA) is 164 Å². The number of aliphatic imine (C=N–C) groups is 1. The first-order valence-corrected chi connectivity index (χ1v) is 22.6. The van der Waals surface area contributed by atoms with Gasteiger partial charge in [0.15, 0.2) is 22.7 Å². The molecule has 6 heterocycles. The summed E-state index contributed by atoms with van der Waals surface area (Å²) >= 11 is 0. The molecule has 340 valence electrons. The van der Waals surface area contributed by atoms with Gasteiger partial charge in [-0.25, -0.2) is 14.5 Å². The van der Waals surface area contributed by atoms with Gasteiger partial charge in [0.25, 0.3) is 0 Å². The number of aromatic nitrogens is 3. The minimum Gasteiger partial charge on any atom is -0.482 e. The molecule has 3 saturated carbocycles. The van der Waals surface area contributed by atoms with Crippen molar-refractivity contribution in [3.8, 4) is 17.2 Å². The molecular weight excluding hydrogens is 817 g/mol. The molecule has 1 amide bonds. The zero-order chi connectivity index (χ0) is 45.7. The van der Waals surface area contributed by atoms with Crippen LogP contribution >= 0.6 is 0 Å². The summed E-state index contributed by atoms with van der Waals surface area (Å²) in [6, 6.07) is -0.567. The van der Waals surface area contributed by atoms with Crippen LogP contribution in [0.4, 0.5) is 5.95 Å². The fraction of sp³-hybridized carbons (Fsp3) is 0.571. The highest BCUT2D eigenvalue weighted by molar-refractivity contribution is 6.15. The summed E-state index contributed by atoms with van der Waals surface area (Å²) in [5, 5.41) is 4.66. The molecule has 0 radical (unpaired) electrons. The zero-order valence-corrected chi connectivity index (χ0v) is 38.7. The Balaban J connectivity index is 1.30. The van der Waals surface area contributed by atoms with Crippen LogP contribution in [-0.4, -0.2) is 117 Å². The van der Waals surface area contributed by atoms with E-state index in [0.717, 1.165) is 12.0 Å². The van der Waals surface area contributed by atoms with Crippen molar-refractivity contribution in [2.24, 2.45) is 22.7 Å². The van der Waals surface area contributed by atoms with Crippen molar-refractivity contribution in [2.75, 3.05) is 40.3 Å². The standard InChI is InChI=1S/C49H60N6O9/c1-27(2)12-11-17-47(8)18-16-31-40(62-47)30(14-13-28(3)4)42-36(41(31)61-35(57)25-34(56)54-22-20-53(9)21-23-54)38-37-39(55-45(52-38)50-26-51-55)32-24-33-46(6,7)64-48(43(32)58,49(33,37)63-42)19-15-29(5)44(59)60-10/h12-13,15-16,18,26,32-33,37,39H,11,14,17,19-25H2,1-10H3. The van der Waals surface area contributed by atoms with Gasteiger partial charge in [0.2, 0.25) is 11.9 Å². The fourth-order valence-electron chi connectivity index (χ4n) is 11.6. The van der Waals surface area contributed by atoms with Crippen LogP contribution in [0.3, 0.4) is 0 Å². The van der Waals surface area contributed by atoms with Gasteiger partial charge in [-0.05, 0) is 100 Å². The van der Waals surface area contributed by atoms with Gasteiger partial charge in [0.05, 0.1) is 41.5 Å². The summed E-state index contributed by atoms with van der Waals surface area (Å²) in [4.78, 5) is 70.1. The Kier molecular flexibility index (Phi) is 10.7. The highest BCUT2D eigenvalue weighted by atomic mass is 16.6. The minimum absolute atomic E-state index is 0.0331. The molecule has 0 N–H and O–H groups in total. The number of fused-ring (bicyclic) bond motifs is 4. The number of methoxy groups -OCH3 is 1. The first-order valence-electron chi connectivity index (χ1n) is 22.6. The van der Waals surface area contributed by atoms with E-state index >= 15 is 4.79 Å². The number of rotatable bonds is 11. The van der Waals surface area contributed by atoms with E-state index in [9.17, 15) is 14.4 Å². The summed E-state index contributed by atoms with van der Waals surface area (Å²) in [5.74, 6) is -1.93. The van der Waals surface area contributed by atoms with Crippen LogP contribution in [0.5, 0.6) is 17.2 Å². The second-order valence-corrected chi connectivity index (χ2v) is 19.9. The Hall–Kier alpha value is -5.41. The van der Waals surface area contributed by atoms with Gasteiger partial charge in [0.1, 0.15) is 29.8 Å². The number of hydrogen-bond donors (Lipinski definition) is 0. The molecule has 3 aliphatic carbocycles. The van der Waals surface area contributed by atoms with Crippen LogP contribution in [0.25, 0.3) is 6.08 Å². The average Bonchev–Trinajstić information content (AvgIpc) is 3.77. The van der Waals surface area contributed by atoms with Crippen LogP contribution < -0.4 is 14.2 Å². The van der Waals surface area contributed by atoms with E-state index in [4.69, 9.17) is 28.7 Å². The van der Waals surface area contributed by atoms with E-state index in [0.29, 0.717) is 90.9 Å². The molecular formula is C49H60N6O9. The summed E-state index contributed by atoms with van der Waals surface area (Å²) in [7, 11) is 3.33. The van der Waals surface area contributed by atoms with Crippen molar-refractivity contribution in [3.63, 3.8) is 0 Å². The van der Waals surface area contributed by atoms with Crippen molar-refractivity contribution in [1.82, 2.24) is 24.6 Å². The molecule has 1 aromatic heterocycles. The van der Waals surface area contributed by atoms with Gasteiger partial charge in [0, 0.05) is 55.6 Å². The van der Waals surface area contributed by atoms with Crippen molar-refractivity contribution in [2.45, 2.75) is 122 Å². The summed E-state index contributed by atoms with van der Waals surface area (Å²) in [5.41, 5.74) is 0.215. The number of carbonyl (C=O) groups excluding carboxylic acids is 4. The number of ketones is 1. The van der Waals surface area contributed by atoms with Crippen LogP contribution in [0.1, 0.15) is 110 Å². The molecule has 2 aromatic rings. The maximum Gasteiger partial charge on any atom is 0.333 e. The molecule has 4 bridgehead atoms. The lowest BCUT2D eigenvalue weighted by Crippen LogP contribution is -2.79. The molecule has 2 saturated heterocycles. The maximum absolute atomic E-state index is 15.5. The number of likely N-dealkylation sites (N-methyl/N-ethyl adjacent to an activating group) is 1. The number of carbonyl (C=O) groups is 4. The molecule has 15 heteroatoms. The second kappa shape index (κ2) is 15.6. The number of esters is 2. The molecule has 7 unspecified atom stereocenters. The van der Waals surface area contributed by atoms with E-state index in [1.54, 1.807) is 22.6 Å². The number of piperazine rings is 1. The van der Waals surface area contributed by atoms with E-state index in [1.807, 2.05) is 53.8 Å². The van der Waals surface area contributed by atoms with Crippen molar-refractivity contribution in [1.29, 1.82) is 0 Å². The predicted molar refractivity (Wildman–Crippen MR) is 238 cm³/mol. The van der Waals surface area contributed by atoms with Gasteiger partial charge in [-0.3, -0.25) is 14.4 Å². The van der Waals surface area contributed by atoms with E-state index in [2.05, 4.69) is 41.0 Å².